The van der Waals surface area contributed by atoms with E-state index in [1.54, 1.807) is 37.3 Å². The Kier molecular flexibility index (Phi) is 4.33. The highest BCUT2D eigenvalue weighted by Crippen LogP contribution is 2.20. The number of para-hydroxylation sites is 1. The van der Waals surface area contributed by atoms with Crippen LogP contribution in [0, 0.1) is 0 Å². The molecule has 0 unspecified atom stereocenters. The zero-order chi connectivity index (χ0) is 15.4. The van der Waals surface area contributed by atoms with Crippen LogP contribution in [0.15, 0.2) is 42.5 Å². The van der Waals surface area contributed by atoms with Crippen LogP contribution in [0.2, 0.25) is 0 Å². The molecule has 0 spiro atoms. The number of carbonyl (C=O) groups excluding carboxylic acids is 1. The lowest BCUT2D eigenvalue weighted by molar-refractivity contribution is 0.0784. The standard InChI is InChI=1S/C16H19N3O2/c1-19(10-11-5-3-4-6-15(11)21-2)16(20)12-7-13(17)9-14(18)8-12/h3-9H,10,17-18H2,1-2H3. The Bertz CT molecular complexity index is 635. The van der Waals surface area contributed by atoms with Gasteiger partial charge in [0, 0.05) is 36.1 Å². The summed E-state index contributed by atoms with van der Waals surface area (Å²) in [7, 11) is 3.34. The van der Waals surface area contributed by atoms with E-state index in [2.05, 4.69) is 0 Å². The van der Waals surface area contributed by atoms with Gasteiger partial charge in [-0.2, -0.15) is 0 Å². The maximum absolute atomic E-state index is 12.4. The number of nitrogen functional groups attached to an aromatic ring is 2. The van der Waals surface area contributed by atoms with Crippen molar-refractivity contribution in [3.05, 3.63) is 53.6 Å². The van der Waals surface area contributed by atoms with Crippen molar-refractivity contribution >= 4 is 17.3 Å². The molecule has 0 aromatic heterocycles. The van der Waals surface area contributed by atoms with Gasteiger partial charge < -0.3 is 21.1 Å². The van der Waals surface area contributed by atoms with E-state index in [4.69, 9.17) is 16.2 Å². The van der Waals surface area contributed by atoms with Crippen molar-refractivity contribution in [2.45, 2.75) is 6.54 Å². The number of methoxy groups -OCH3 is 1. The zero-order valence-corrected chi connectivity index (χ0v) is 12.2. The van der Waals surface area contributed by atoms with Crippen LogP contribution >= 0.6 is 0 Å². The van der Waals surface area contributed by atoms with Crippen LogP contribution in [0.25, 0.3) is 0 Å². The maximum atomic E-state index is 12.4. The van der Waals surface area contributed by atoms with E-state index in [1.165, 1.54) is 0 Å². The quantitative estimate of drug-likeness (QED) is 0.843. The molecule has 2 aromatic carbocycles. The normalized spacial score (nSPS) is 10.2. The first-order valence-electron chi connectivity index (χ1n) is 6.54. The summed E-state index contributed by atoms with van der Waals surface area (Å²) >= 11 is 0. The van der Waals surface area contributed by atoms with Crippen molar-refractivity contribution in [2.75, 3.05) is 25.6 Å². The lowest BCUT2D eigenvalue weighted by Gasteiger charge is -2.19. The lowest BCUT2D eigenvalue weighted by atomic mass is 10.1. The number of nitrogens with two attached hydrogens (primary N) is 2. The van der Waals surface area contributed by atoms with Gasteiger partial charge in [-0.1, -0.05) is 18.2 Å². The Labute approximate surface area is 124 Å². The van der Waals surface area contributed by atoms with E-state index in [0.29, 0.717) is 23.5 Å². The van der Waals surface area contributed by atoms with Crippen LogP contribution in [0.4, 0.5) is 11.4 Å². The number of ether oxygens (including phenoxy) is 1. The number of hydrogen-bond donors (Lipinski definition) is 2. The molecule has 5 nitrogen and oxygen atoms in total. The topological polar surface area (TPSA) is 81.6 Å². The summed E-state index contributed by atoms with van der Waals surface area (Å²) < 4.78 is 5.29. The zero-order valence-electron chi connectivity index (χ0n) is 12.2. The number of rotatable bonds is 4. The van der Waals surface area contributed by atoms with E-state index in [9.17, 15) is 4.79 Å². The predicted octanol–water partition coefficient (Wildman–Crippen LogP) is 2.13. The Morgan fingerprint density at radius 2 is 1.76 bits per heavy atom. The minimum atomic E-state index is -0.139. The van der Waals surface area contributed by atoms with Crippen LogP contribution in [-0.2, 0) is 6.54 Å². The molecule has 0 bridgehead atoms. The van der Waals surface area contributed by atoms with Gasteiger partial charge in [-0.05, 0) is 24.3 Å². The van der Waals surface area contributed by atoms with Crippen molar-refractivity contribution in [3.63, 3.8) is 0 Å². The van der Waals surface area contributed by atoms with Gasteiger partial charge in [-0.3, -0.25) is 4.79 Å². The highest BCUT2D eigenvalue weighted by atomic mass is 16.5. The second-order valence-electron chi connectivity index (χ2n) is 4.86. The highest BCUT2D eigenvalue weighted by Gasteiger charge is 2.14. The second-order valence-corrected chi connectivity index (χ2v) is 4.86. The van der Waals surface area contributed by atoms with E-state index in [-0.39, 0.29) is 5.91 Å². The van der Waals surface area contributed by atoms with Gasteiger partial charge in [0.25, 0.3) is 5.91 Å². The number of benzene rings is 2. The van der Waals surface area contributed by atoms with Crippen LogP contribution in [-0.4, -0.2) is 25.0 Å². The molecule has 0 fully saturated rings. The number of hydrogen-bond acceptors (Lipinski definition) is 4. The molecule has 0 saturated carbocycles. The summed E-state index contributed by atoms with van der Waals surface area (Å²) in [6.07, 6.45) is 0. The predicted molar refractivity (Wildman–Crippen MR) is 84.1 cm³/mol. The first-order valence-corrected chi connectivity index (χ1v) is 6.54. The molecule has 0 radical (unpaired) electrons. The minimum absolute atomic E-state index is 0.139. The van der Waals surface area contributed by atoms with Gasteiger partial charge in [-0.15, -0.1) is 0 Å². The number of amides is 1. The fourth-order valence-electron chi connectivity index (χ4n) is 2.18. The van der Waals surface area contributed by atoms with E-state index in [0.717, 1.165) is 11.3 Å². The molecule has 4 N–H and O–H groups in total. The van der Waals surface area contributed by atoms with Crippen molar-refractivity contribution in [1.29, 1.82) is 0 Å². The smallest absolute Gasteiger partial charge is 0.254 e. The highest BCUT2D eigenvalue weighted by molar-refractivity contribution is 5.96. The monoisotopic (exact) mass is 285 g/mol. The summed E-state index contributed by atoms with van der Waals surface area (Å²) in [5.74, 6) is 0.615. The first-order chi connectivity index (χ1) is 10.0. The molecule has 1 amide bonds. The molecule has 5 heteroatoms. The molecular formula is C16H19N3O2. The van der Waals surface area contributed by atoms with Crippen LogP contribution < -0.4 is 16.2 Å². The number of carbonyl (C=O) groups is 1. The molecule has 0 atom stereocenters. The Balaban J connectivity index is 2.19. The van der Waals surface area contributed by atoms with Crippen molar-refractivity contribution in [3.8, 4) is 5.75 Å². The molecule has 110 valence electrons. The third kappa shape index (κ3) is 3.45. The summed E-state index contributed by atoms with van der Waals surface area (Å²) in [4.78, 5) is 14.0. The molecule has 2 rings (SSSR count). The molecule has 0 aliphatic carbocycles. The molecule has 2 aromatic rings. The average Bonchev–Trinajstić information content (AvgIpc) is 2.46. The summed E-state index contributed by atoms with van der Waals surface area (Å²) in [6.45, 7) is 0.442. The Morgan fingerprint density at radius 1 is 1.14 bits per heavy atom. The SMILES string of the molecule is COc1ccccc1CN(C)C(=O)c1cc(N)cc(N)c1. The average molecular weight is 285 g/mol. The van der Waals surface area contributed by atoms with Crippen LogP contribution in [0.1, 0.15) is 15.9 Å². The lowest BCUT2D eigenvalue weighted by Crippen LogP contribution is -2.26. The van der Waals surface area contributed by atoms with Crippen molar-refractivity contribution in [1.82, 2.24) is 4.90 Å². The third-order valence-corrected chi connectivity index (χ3v) is 3.17. The molecule has 0 saturated heterocycles. The number of anilines is 2. The summed E-state index contributed by atoms with van der Waals surface area (Å²) in [6, 6.07) is 12.5. The van der Waals surface area contributed by atoms with E-state index >= 15 is 0 Å². The van der Waals surface area contributed by atoms with Gasteiger partial charge in [0.2, 0.25) is 0 Å². The van der Waals surface area contributed by atoms with Gasteiger partial charge in [-0.25, -0.2) is 0 Å². The third-order valence-electron chi connectivity index (χ3n) is 3.17. The van der Waals surface area contributed by atoms with Gasteiger partial charge in [0.15, 0.2) is 0 Å². The second kappa shape index (κ2) is 6.17. The number of nitrogens with zero attached hydrogens (tertiary/aromatic N) is 1. The van der Waals surface area contributed by atoms with Gasteiger partial charge in [0.1, 0.15) is 5.75 Å². The fourth-order valence-corrected chi connectivity index (χ4v) is 2.18. The Hall–Kier alpha value is -2.69. The fraction of sp³-hybridized carbons (Fsp3) is 0.188. The van der Waals surface area contributed by atoms with Crippen molar-refractivity contribution < 1.29 is 9.53 Å². The summed E-state index contributed by atoms with van der Waals surface area (Å²) in [5.41, 5.74) is 13.8. The summed E-state index contributed by atoms with van der Waals surface area (Å²) in [5, 5.41) is 0. The Morgan fingerprint density at radius 3 is 2.38 bits per heavy atom. The minimum Gasteiger partial charge on any atom is -0.496 e. The first kappa shape index (κ1) is 14.7. The largest absolute Gasteiger partial charge is 0.496 e. The molecule has 0 aliphatic rings. The molecule has 0 aliphatic heterocycles. The van der Waals surface area contributed by atoms with Crippen LogP contribution in [0.5, 0.6) is 5.75 Å². The van der Waals surface area contributed by atoms with Crippen LogP contribution in [0.3, 0.4) is 0 Å². The molecule has 0 heterocycles. The maximum Gasteiger partial charge on any atom is 0.254 e. The van der Waals surface area contributed by atoms with Crippen molar-refractivity contribution in [2.24, 2.45) is 0 Å². The van der Waals surface area contributed by atoms with Gasteiger partial charge in [0.05, 0.1) is 7.11 Å². The van der Waals surface area contributed by atoms with E-state index < -0.39 is 0 Å². The molecular weight excluding hydrogens is 266 g/mol. The van der Waals surface area contributed by atoms with E-state index in [1.807, 2.05) is 24.3 Å². The molecule has 21 heavy (non-hydrogen) atoms. The van der Waals surface area contributed by atoms with Gasteiger partial charge >= 0.3 is 0 Å².